The molecule has 0 bridgehead atoms. The molecule has 1 atom stereocenters. The number of hydrogen-bond donors (Lipinski definition) is 1. The van der Waals surface area contributed by atoms with Crippen LogP contribution in [0.1, 0.15) is 17.3 Å². The number of rotatable bonds is 1. The molecule has 0 radical (unpaired) electrons. The molecule has 1 N–H and O–H groups in total. The van der Waals surface area contributed by atoms with Crippen molar-refractivity contribution in [3.8, 4) is 5.75 Å². The largest absolute Gasteiger partial charge is 0.492 e. The van der Waals surface area contributed by atoms with Crippen LogP contribution in [-0.2, 0) is 0 Å². The van der Waals surface area contributed by atoms with E-state index in [0.29, 0.717) is 6.61 Å². The first-order valence-electron chi connectivity index (χ1n) is 4.64. The van der Waals surface area contributed by atoms with E-state index in [0.717, 1.165) is 17.1 Å². The minimum Gasteiger partial charge on any atom is -0.492 e. The van der Waals surface area contributed by atoms with Crippen molar-refractivity contribution >= 4 is 11.6 Å². The van der Waals surface area contributed by atoms with Crippen LogP contribution in [0.2, 0.25) is 5.28 Å². The molecule has 3 rings (SSSR count). The summed E-state index contributed by atoms with van der Waals surface area (Å²) in [5, 5.41) is 6.87. The molecule has 1 aliphatic rings. The summed E-state index contributed by atoms with van der Waals surface area (Å²) in [6, 6.07) is 7.92. The molecule has 0 amide bonds. The summed E-state index contributed by atoms with van der Waals surface area (Å²) in [7, 11) is 0. The molecule has 4 nitrogen and oxygen atoms in total. The van der Waals surface area contributed by atoms with Crippen LogP contribution in [-0.4, -0.2) is 21.8 Å². The van der Waals surface area contributed by atoms with Crippen LogP contribution in [0, 0.1) is 0 Å². The Hall–Kier alpha value is -1.55. The van der Waals surface area contributed by atoms with Crippen LogP contribution in [0.5, 0.6) is 5.75 Å². The number of fused-ring (bicyclic) bond motifs is 1. The third-order valence-corrected chi connectivity index (χ3v) is 2.67. The fourth-order valence-electron chi connectivity index (χ4n) is 1.80. The highest BCUT2D eigenvalue weighted by molar-refractivity contribution is 6.28. The predicted octanol–water partition coefficient (Wildman–Crippen LogP) is 1.98. The Bertz CT molecular complexity index is 497. The molecular weight excluding hydrogens is 214 g/mol. The zero-order valence-electron chi connectivity index (χ0n) is 7.77. The highest BCUT2D eigenvalue weighted by Crippen LogP contribution is 2.36. The number of aromatic nitrogens is 3. The monoisotopic (exact) mass is 221 g/mol. The first-order valence-corrected chi connectivity index (χ1v) is 5.02. The van der Waals surface area contributed by atoms with E-state index in [2.05, 4.69) is 15.2 Å². The normalized spacial score (nSPS) is 18.6. The smallest absolute Gasteiger partial charge is 0.242 e. The zero-order chi connectivity index (χ0) is 10.3. The number of aromatic amines is 1. The van der Waals surface area contributed by atoms with E-state index in [9.17, 15) is 0 Å². The summed E-state index contributed by atoms with van der Waals surface area (Å²) in [4.78, 5) is 4.11. The molecule has 1 aromatic carbocycles. The van der Waals surface area contributed by atoms with Crippen LogP contribution < -0.4 is 4.74 Å². The molecule has 0 aliphatic carbocycles. The topological polar surface area (TPSA) is 50.8 Å². The molecular formula is C10H8ClN3O. The van der Waals surface area contributed by atoms with Gasteiger partial charge in [0.1, 0.15) is 18.2 Å². The Balaban J connectivity index is 2.04. The Morgan fingerprint density at radius 2 is 2.27 bits per heavy atom. The van der Waals surface area contributed by atoms with Gasteiger partial charge in [0.25, 0.3) is 0 Å². The highest BCUT2D eigenvalue weighted by Gasteiger charge is 2.27. The lowest BCUT2D eigenvalue weighted by Crippen LogP contribution is -2.04. The third-order valence-electron chi connectivity index (χ3n) is 2.51. The van der Waals surface area contributed by atoms with Crippen molar-refractivity contribution in [3.63, 3.8) is 0 Å². The molecule has 0 fully saturated rings. The van der Waals surface area contributed by atoms with Gasteiger partial charge in [-0.3, -0.25) is 5.10 Å². The molecule has 1 aromatic heterocycles. The lowest BCUT2D eigenvalue weighted by molar-refractivity contribution is 0.340. The van der Waals surface area contributed by atoms with Gasteiger partial charge in [-0.25, -0.2) is 4.98 Å². The molecule has 2 heterocycles. The van der Waals surface area contributed by atoms with Crippen LogP contribution in [0.25, 0.3) is 0 Å². The maximum absolute atomic E-state index is 5.67. The number of para-hydroxylation sites is 1. The second-order valence-corrected chi connectivity index (χ2v) is 3.73. The molecule has 0 saturated carbocycles. The first kappa shape index (κ1) is 8.73. The van der Waals surface area contributed by atoms with Gasteiger partial charge in [-0.1, -0.05) is 18.2 Å². The van der Waals surface area contributed by atoms with Crippen LogP contribution >= 0.6 is 11.6 Å². The van der Waals surface area contributed by atoms with Gasteiger partial charge in [-0.05, 0) is 17.7 Å². The minimum atomic E-state index is 0.112. The third kappa shape index (κ3) is 1.37. The van der Waals surface area contributed by atoms with E-state index in [1.54, 1.807) is 0 Å². The zero-order valence-corrected chi connectivity index (χ0v) is 8.53. The van der Waals surface area contributed by atoms with Gasteiger partial charge in [-0.15, -0.1) is 5.10 Å². The van der Waals surface area contributed by atoms with Crippen LogP contribution in [0.3, 0.4) is 0 Å². The fraction of sp³-hybridized carbons (Fsp3) is 0.200. The molecule has 1 aliphatic heterocycles. The van der Waals surface area contributed by atoms with E-state index in [-0.39, 0.29) is 11.2 Å². The Kier molecular flexibility index (Phi) is 1.89. The molecule has 76 valence electrons. The molecule has 0 saturated heterocycles. The van der Waals surface area contributed by atoms with Gasteiger partial charge in [-0.2, -0.15) is 0 Å². The molecule has 2 aromatic rings. The van der Waals surface area contributed by atoms with Crippen molar-refractivity contribution in [1.29, 1.82) is 0 Å². The second-order valence-electron chi connectivity index (χ2n) is 3.39. The lowest BCUT2D eigenvalue weighted by Gasteiger charge is -2.02. The predicted molar refractivity (Wildman–Crippen MR) is 55.2 cm³/mol. The Morgan fingerprint density at radius 3 is 3.07 bits per heavy atom. The molecule has 15 heavy (non-hydrogen) atoms. The van der Waals surface area contributed by atoms with Crippen molar-refractivity contribution in [1.82, 2.24) is 15.2 Å². The summed E-state index contributed by atoms with van der Waals surface area (Å²) in [6.45, 7) is 0.588. The summed E-state index contributed by atoms with van der Waals surface area (Å²) >= 11 is 5.67. The van der Waals surface area contributed by atoms with E-state index >= 15 is 0 Å². The SMILES string of the molecule is Clc1n[nH]c(C2COc3ccccc32)n1. The van der Waals surface area contributed by atoms with E-state index < -0.39 is 0 Å². The van der Waals surface area contributed by atoms with Gasteiger partial charge >= 0.3 is 0 Å². The Labute approximate surface area is 91.2 Å². The summed E-state index contributed by atoms with van der Waals surface area (Å²) in [5.74, 6) is 1.78. The number of H-pyrrole nitrogens is 1. The number of halogens is 1. The molecule has 5 heteroatoms. The summed E-state index contributed by atoms with van der Waals surface area (Å²) in [5.41, 5.74) is 1.13. The van der Waals surface area contributed by atoms with Gasteiger partial charge in [0.2, 0.25) is 5.28 Å². The van der Waals surface area contributed by atoms with Crippen molar-refractivity contribution in [2.45, 2.75) is 5.92 Å². The van der Waals surface area contributed by atoms with E-state index in [4.69, 9.17) is 16.3 Å². The van der Waals surface area contributed by atoms with Gasteiger partial charge < -0.3 is 4.74 Å². The molecule has 0 spiro atoms. The molecule has 1 unspecified atom stereocenters. The second kappa shape index (κ2) is 3.24. The van der Waals surface area contributed by atoms with E-state index in [1.807, 2.05) is 24.3 Å². The summed E-state index contributed by atoms with van der Waals surface area (Å²) < 4.78 is 5.54. The maximum Gasteiger partial charge on any atom is 0.242 e. The standard InChI is InChI=1S/C10H8ClN3O/c11-10-12-9(13-14-10)7-5-15-8-4-2-1-3-6(7)8/h1-4,7H,5H2,(H,12,13,14). The van der Waals surface area contributed by atoms with Crippen molar-refractivity contribution in [3.05, 3.63) is 40.9 Å². The van der Waals surface area contributed by atoms with Gasteiger partial charge in [0.05, 0.1) is 5.92 Å². The van der Waals surface area contributed by atoms with Crippen molar-refractivity contribution in [2.75, 3.05) is 6.61 Å². The lowest BCUT2D eigenvalue weighted by atomic mass is 10.0. The van der Waals surface area contributed by atoms with E-state index in [1.165, 1.54) is 0 Å². The van der Waals surface area contributed by atoms with Crippen molar-refractivity contribution in [2.24, 2.45) is 0 Å². The Morgan fingerprint density at radius 1 is 1.40 bits per heavy atom. The average molecular weight is 222 g/mol. The fourth-order valence-corrected chi connectivity index (χ4v) is 1.93. The van der Waals surface area contributed by atoms with Crippen LogP contribution in [0.4, 0.5) is 0 Å². The number of ether oxygens (including phenoxy) is 1. The van der Waals surface area contributed by atoms with Gasteiger partial charge in [0, 0.05) is 5.56 Å². The highest BCUT2D eigenvalue weighted by atomic mass is 35.5. The number of hydrogen-bond acceptors (Lipinski definition) is 3. The first-order chi connectivity index (χ1) is 7.34. The minimum absolute atomic E-state index is 0.112. The number of nitrogens with zero attached hydrogens (tertiary/aromatic N) is 2. The van der Waals surface area contributed by atoms with Crippen LogP contribution in [0.15, 0.2) is 24.3 Å². The number of nitrogens with one attached hydrogen (secondary N) is 1. The summed E-state index contributed by atoms with van der Waals surface area (Å²) in [6.07, 6.45) is 0. The van der Waals surface area contributed by atoms with Gasteiger partial charge in [0.15, 0.2) is 0 Å². The van der Waals surface area contributed by atoms with Crippen molar-refractivity contribution < 1.29 is 4.74 Å². The number of benzene rings is 1. The maximum atomic E-state index is 5.67. The quantitative estimate of drug-likeness (QED) is 0.801. The average Bonchev–Trinajstić information content (AvgIpc) is 2.83.